The van der Waals surface area contributed by atoms with Crippen LogP contribution in [-0.4, -0.2) is 39.2 Å². The van der Waals surface area contributed by atoms with Gasteiger partial charge in [-0.05, 0) is 12.1 Å². The van der Waals surface area contributed by atoms with Crippen molar-refractivity contribution >= 4 is 23.0 Å². The summed E-state index contributed by atoms with van der Waals surface area (Å²) in [6.07, 6.45) is 1.24. The Morgan fingerprint density at radius 3 is 2.80 bits per heavy atom. The fraction of sp³-hybridized carbons (Fsp3) is 0.357. The molecule has 0 spiro atoms. The summed E-state index contributed by atoms with van der Waals surface area (Å²) in [5.41, 5.74) is 7.99. The third-order valence-corrected chi connectivity index (χ3v) is 3.25. The minimum absolute atomic E-state index is 0.258. The zero-order chi connectivity index (χ0) is 14.5. The molecule has 1 amide bonds. The van der Waals surface area contributed by atoms with Gasteiger partial charge in [-0.1, -0.05) is 6.58 Å². The lowest BCUT2D eigenvalue weighted by atomic mass is 10.1. The number of hydrogen-bond donors (Lipinski definition) is 3. The molecule has 1 aromatic rings. The molecule has 0 unspecified atom stereocenters. The van der Waals surface area contributed by atoms with E-state index in [9.17, 15) is 4.79 Å². The maximum atomic E-state index is 11.5. The highest BCUT2D eigenvalue weighted by Gasteiger charge is 2.17. The smallest absolute Gasteiger partial charge is 0.247 e. The van der Waals surface area contributed by atoms with Gasteiger partial charge >= 0.3 is 0 Å². The van der Waals surface area contributed by atoms with Gasteiger partial charge in [0.2, 0.25) is 5.91 Å². The Bertz CT molecular complexity index is 510. The lowest BCUT2D eigenvalue weighted by Gasteiger charge is -2.31. The molecule has 0 bridgehead atoms. The summed E-state index contributed by atoms with van der Waals surface area (Å²) in [5, 5.41) is 6.09. The SMILES string of the molecule is C=CC(=O)Nc1cc(N)c(OC)cc1N1CCNCC1. The number of ether oxygens (including phenoxy) is 1. The molecule has 1 aromatic carbocycles. The predicted octanol–water partition coefficient (Wildman–Crippen LogP) is 0.811. The molecule has 0 atom stereocenters. The van der Waals surface area contributed by atoms with Crippen LogP contribution < -0.4 is 26.0 Å². The molecular weight excluding hydrogens is 256 g/mol. The van der Waals surface area contributed by atoms with E-state index in [1.165, 1.54) is 6.08 Å². The summed E-state index contributed by atoms with van der Waals surface area (Å²) in [6, 6.07) is 3.58. The number of carbonyl (C=O) groups excluding carboxylic acids is 1. The summed E-state index contributed by atoms with van der Waals surface area (Å²) in [4.78, 5) is 13.7. The number of hydrogen-bond acceptors (Lipinski definition) is 5. The second-order valence-corrected chi connectivity index (χ2v) is 4.54. The van der Waals surface area contributed by atoms with Crippen LogP contribution in [0.2, 0.25) is 0 Å². The first-order valence-electron chi connectivity index (χ1n) is 6.52. The number of nitrogens with one attached hydrogen (secondary N) is 2. The van der Waals surface area contributed by atoms with Gasteiger partial charge in [0, 0.05) is 32.2 Å². The third-order valence-electron chi connectivity index (χ3n) is 3.25. The number of nitrogens with zero attached hydrogens (tertiary/aromatic N) is 1. The van der Waals surface area contributed by atoms with Crippen LogP contribution in [0.15, 0.2) is 24.8 Å². The number of amides is 1. The third kappa shape index (κ3) is 3.03. The molecule has 6 heteroatoms. The average molecular weight is 276 g/mol. The first-order valence-corrected chi connectivity index (χ1v) is 6.52. The first-order chi connectivity index (χ1) is 9.65. The van der Waals surface area contributed by atoms with Gasteiger partial charge in [-0.15, -0.1) is 0 Å². The van der Waals surface area contributed by atoms with Crippen molar-refractivity contribution in [1.82, 2.24) is 5.32 Å². The van der Waals surface area contributed by atoms with Crippen LogP contribution in [-0.2, 0) is 4.79 Å². The van der Waals surface area contributed by atoms with Gasteiger partial charge in [0.05, 0.1) is 24.2 Å². The van der Waals surface area contributed by atoms with Crippen molar-refractivity contribution in [3.05, 3.63) is 24.8 Å². The minimum Gasteiger partial charge on any atom is -0.495 e. The molecule has 6 nitrogen and oxygen atoms in total. The van der Waals surface area contributed by atoms with Gasteiger partial charge in [-0.2, -0.15) is 0 Å². The number of nitrogen functional groups attached to an aromatic ring is 1. The molecular formula is C14H20N4O2. The van der Waals surface area contributed by atoms with E-state index in [4.69, 9.17) is 10.5 Å². The fourth-order valence-corrected chi connectivity index (χ4v) is 2.21. The quantitative estimate of drug-likeness (QED) is 0.560. The van der Waals surface area contributed by atoms with Crippen LogP contribution in [0.25, 0.3) is 0 Å². The molecule has 1 aliphatic heterocycles. The molecule has 0 aliphatic carbocycles. The van der Waals surface area contributed by atoms with Gasteiger partial charge < -0.3 is 26.0 Å². The zero-order valence-corrected chi connectivity index (χ0v) is 11.6. The molecule has 108 valence electrons. The van der Waals surface area contributed by atoms with E-state index in [-0.39, 0.29) is 5.91 Å². The van der Waals surface area contributed by atoms with Crippen LogP contribution in [0.3, 0.4) is 0 Å². The highest BCUT2D eigenvalue weighted by atomic mass is 16.5. The summed E-state index contributed by atoms with van der Waals surface area (Å²) in [6.45, 7) is 7.00. The van der Waals surface area contributed by atoms with Gasteiger partial charge in [-0.25, -0.2) is 0 Å². The Balaban J connectivity index is 2.38. The first kappa shape index (κ1) is 14.2. The Hall–Kier alpha value is -2.21. The van der Waals surface area contributed by atoms with Crippen molar-refractivity contribution in [2.75, 3.05) is 49.2 Å². The summed E-state index contributed by atoms with van der Waals surface area (Å²) in [7, 11) is 1.58. The van der Waals surface area contributed by atoms with E-state index in [1.807, 2.05) is 6.07 Å². The van der Waals surface area contributed by atoms with Crippen LogP contribution >= 0.6 is 0 Å². The van der Waals surface area contributed by atoms with Gasteiger partial charge in [0.25, 0.3) is 0 Å². The molecule has 20 heavy (non-hydrogen) atoms. The second-order valence-electron chi connectivity index (χ2n) is 4.54. The van der Waals surface area contributed by atoms with Crippen LogP contribution in [0.4, 0.5) is 17.1 Å². The second kappa shape index (κ2) is 6.29. The summed E-state index contributed by atoms with van der Waals surface area (Å²) < 4.78 is 5.26. The number of rotatable bonds is 4. The summed E-state index contributed by atoms with van der Waals surface area (Å²) >= 11 is 0. The van der Waals surface area contributed by atoms with Crippen molar-refractivity contribution in [3.63, 3.8) is 0 Å². The highest BCUT2D eigenvalue weighted by molar-refractivity contribution is 6.02. The molecule has 0 saturated carbocycles. The number of methoxy groups -OCH3 is 1. The van der Waals surface area contributed by atoms with Crippen molar-refractivity contribution in [2.45, 2.75) is 0 Å². The molecule has 1 fully saturated rings. The van der Waals surface area contributed by atoms with Crippen molar-refractivity contribution in [1.29, 1.82) is 0 Å². The number of carbonyl (C=O) groups is 1. The normalized spacial score (nSPS) is 14.8. The maximum absolute atomic E-state index is 11.5. The van der Waals surface area contributed by atoms with Crippen LogP contribution in [0.1, 0.15) is 0 Å². The van der Waals surface area contributed by atoms with Crippen LogP contribution in [0, 0.1) is 0 Å². The lowest BCUT2D eigenvalue weighted by molar-refractivity contribution is -0.111. The highest BCUT2D eigenvalue weighted by Crippen LogP contribution is 2.35. The standard InChI is InChI=1S/C14H20N4O2/c1-3-14(19)17-11-8-10(15)13(20-2)9-12(11)18-6-4-16-5-7-18/h3,8-9,16H,1,4-7,15H2,2H3,(H,17,19). The van der Waals surface area contributed by atoms with E-state index in [1.54, 1.807) is 13.2 Å². The van der Waals surface area contributed by atoms with E-state index in [0.717, 1.165) is 31.9 Å². The maximum Gasteiger partial charge on any atom is 0.247 e. The molecule has 1 saturated heterocycles. The Kier molecular flexibility index (Phi) is 4.47. The minimum atomic E-state index is -0.258. The van der Waals surface area contributed by atoms with E-state index >= 15 is 0 Å². The van der Waals surface area contributed by atoms with Gasteiger partial charge in [0.1, 0.15) is 5.75 Å². The van der Waals surface area contributed by atoms with Crippen molar-refractivity contribution in [3.8, 4) is 5.75 Å². The predicted molar refractivity (Wildman–Crippen MR) is 81.3 cm³/mol. The Morgan fingerprint density at radius 1 is 1.50 bits per heavy atom. The number of benzene rings is 1. The average Bonchev–Trinajstić information content (AvgIpc) is 2.48. The van der Waals surface area contributed by atoms with Crippen molar-refractivity contribution < 1.29 is 9.53 Å². The van der Waals surface area contributed by atoms with E-state index < -0.39 is 0 Å². The van der Waals surface area contributed by atoms with Crippen molar-refractivity contribution in [2.24, 2.45) is 0 Å². The summed E-state index contributed by atoms with van der Waals surface area (Å²) in [5.74, 6) is 0.348. The molecule has 4 N–H and O–H groups in total. The fourth-order valence-electron chi connectivity index (χ4n) is 2.21. The Labute approximate surface area is 118 Å². The lowest BCUT2D eigenvalue weighted by Crippen LogP contribution is -2.43. The zero-order valence-electron chi connectivity index (χ0n) is 11.6. The number of anilines is 3. The monoisotopic (exact) mass is 276 g/mol. The number of piperazine rings is 1. The molecule has 1 aliphatic rings. The molecule has 1 heterocycles. The molecule has 0 aromatic heterocycles. The number of nitrogens with two attached hydrogens (primary N) is 1. The van der Waals surface area contributed by atoms with Gasteiger partial charge in [-0.3, -0.25) is 4.79 Å². The van der Waals surface area contributed by atoms with Gasteiger partial charge in [0.15, 0.2) is 0 Å². The topological polar surface area (TPSA) is 79.6 Å². The molecule has 0 radical (unpaired) electrons. The van der Waals surface area contributed by atoms with E-state index in [2.05, 4.69) is 22.1 Å². The van der Waals surface area contributed by atoms with E-state index in [0.29, 0.717) is 17.1 Å². The van der Waals surface area contributed by atoms with Crippen LogP contribution in [0.5, 0.6) is 5.75 Å². The Morgan fingerprint density at radius 2 is 2.20 bits per heavy atom. The largest absolute Gasteiger partial charge is 0.495 e. The molecule has 2 rings (SSSR count).